The number of nitrogens with zero attached hydrogens (tertiary/aromatic N) is 3. The molecule has 148 valence electrons. The molecule has 0 aliphatic heterocycles. The number of hydrogen-bond acceptors (Lipinski definition) is 7. The van der Waals surface area contributed by atoms with Gasteiger partial charge >= 0.3 is 0 Å². The van der Waals surface area contributed by atoms with Crippen molar-refractivity contribution in [1.29, 1.82) is 10.7 Å². The first-order valence-corrected chi connectivity index (χ1v) is 9.11. The molecule has 1 aliphatic carbocycles. The van der Waals surface area contributed by atoms with E-state index in [1.54, 1.807) is 12.3 Å². The van der Waals surface area contributed by atoms with Crippen LogP contribution in [0.5, 0.6) is 0 Å². The van der Waals surface area contributed by atoms with E-state index in [2.05, 4.69) is 25.9 Å². The summed E-state index contributed by atoms with van der Waals surface area (Å²) in [5.41, 5.74) is 0.895. The second-order valence-corrected chi connectivity index (χ2v) is 6.64. The van der Waals surface area contributed by atoms with Gasteiger partial charge in [0.25, 0.3) is 5.91 Å². The maximum atomic E-state index is 14.4. The molecule has 0 saturated heterocycles. The molecule has 1 aliphatic rings. The number of rotatable bonds is 8. The highest BCUT2D eigenvalue weighted by atomic mass is 35.5. The lowest BCUT2D eigenvalue weighted by atomic mass is 10.1. The lowest BCUT2D eigenvalue weighted by Crippen LogP contribution is -2.24. The van der Waals surface area contributed by atoms with E-state index in [9.17, 15) is 9.18 Å². The van der Waals surface area contributed by atoms with Gasteiger partial charge in [0.15, 0.2) is 0 Å². The molecule has 1 saturated carbocycles. The Morgan fingerprint density at radius 1 is 1.45 bits per heavy atom. The topological polar surface area (TPSA) is 127 Å². The Kier molecular flexibility index (Phi) is 6.36. The monoisotopic (exact) mass is 413 g/mol. The minimum atomic E-state index is -0.768. The number of hydrogen-bond donors (Lipinski definition) is 4. The first-order valence-electron chi connectivity index (χ1n) is 8.73. The van der Waals surface area contributed by atoms with Crippen LogP contribution in [0.1, 0.15) is 23.2 Å². The fraction of sp³-hybridized carbons (Fsp3) is 0.211. The van der Waals surface area contributed by atoms with Crippen LogP contribution >= 0.6 is 11.6 Å². The van der Waals surface area contributed by atoms with Crippen LogP contribution in [-0.2, 0) is 0 Å². The number of amides is 1. The third-order valence-electron chi connectivity index (χ3n) is 4.02. The van der Waals surface area contributed by atoms with Crippen LogP contribution in [0, 0.1) is 22.6 Å². The van der Waals surface area contributed by atoms with Gasteiger partial charge in [0.2, 0.25) is 5.95 Å². The summed E-state index contributed by atoms with van der Waals surface area (Å²) in [5, 5.41) is 24.5. The zero-order valence-electron chi connectivity index (χ0n) is 15.2. The van der Waals surface area contributed by atoms with Crippen molar-refractivity contribution in [3.8, 4) is 17.3 Å². The summed E-state index contributed by atoms with van der Waals surface area (Å²) < 4.78 is 14.4. The smallest absolute Gasteiger partial charge is 0.255 e. The van der Waals surface area contributed by atoms with Crippen LogP contribution in [-0.4, -0.2) is 34.7 Å². The number of carbonyl (C=O) groups is 1. The van der Waals surface area contributed by atoms with Crippen molar-refractivity contribution in [2.75, 3.05) is 11.9 Å². The summed E-state index contributed by atoms with van der Waals surface area (Å²) in [6, 6.07) is 6.13. The molecule has 1 aromatic carbocycles. The summed E-state index contributed by atoms with van der Waals surface area (Å²) in [6.07, 6.45) is 6.37. The average molecular weight is 414 g/mol. The molecule has 29 heavy (non-hydrogen) atoms. The van der Waals surface area contributed by atoms with Crippen molar-refractivity contribution in [3.63, 3.8) is 0 Å². The van der Waals surface area contributed by atoms with E-state index >= 15 is 0 Å². The summed E-state index contributed by atoms with van der Waals surface area (Å²) >= 11 is 6.17. The van der Waals surface area contributed by atoms with Crippen LogP contribution in [0.25, 0.3) is 11.3 Å². The van der Waals surface area contributed by atoms with Gasteiger partial charge in [0, 0.05) is 24.0 Å². The molecule has 0 radical (unpaired) electrons. The lowest BCUT2D eigenvalue weighted by molar-refractivity contribution is 0.0954. The van der Waals surface area contributed by atoms with Crippen LogP contribution in [0.15, 0.2) is 36.3 Å². The number of nitriles is 1. The SMILES string of the molecule is N#CCNC(=O)c1ccc(-c2nc(N/C(C=N)=C/NC3CC3)ncc2Cl)cc1F. The predicted octanol–water partition coefficient (Wildman–Crippen LogP) is 2.84. The fourth-order valence-corrected chi connectivity index (χ4v) is 2.59. The van der Waals surface area contributed by atoms with Crippen LogP contribution in [0.3, 0.4) is 0 Å². The number of carbonyl (C=O) groups excluding carboxylic acids is 1. The second kappa shape index (κ2) is 9.12. The Bertz CT molecular complexity index is 1010. The van der Waals surface area contributed by atoms with E-state index < -0.39 is 11.7 Å². The summed E-state index contributed by atoms with van der Waals surface area (Å²) in [6.45, 7) is -0.217. The maximum Gasteiger partial charge on any atom is 0.255 e. The molecule has 1 heterocycles. The van der Waals surface area contributed by atoms with Crippen molar-refractivity contribution in [2.24, 2.45) is 0 Å². The molecule has 3 rings (SSSR count). The number of halogens is 2. The molecule has 0 unspecified atom stereocenters. The van der Waals surface area contributed by atoms with E-state index in [-0.39, 0.29) is 28.8 Å². The molecule has 8 nitrogen and oxygen atoms in total. The Morgan fingerprint density at radius 3 is 2.90 bits per heavy atom. The van der Waals surface area contributed by atoms with Gasteiger partial charge in [0.1, 0.15) is 12.4 Å². The molecule has 0 bridgehead atoms. The van der Waals surface area contributed by atoms with Gasteiger partial charge in [-0.05, 0) is 25.0 Å². The third kappa shape index (κ3) is 5.27. The third-order valence-corrected chi connectivity index (χ3v) is 4.30. The van der Waals surface area contributed by atoms with Gasteiger partial charge in [-0.25, -0.2) is 14.4 Å². The first kappa shape index (κ1) is 20.2. The van der Waals surface area contributed by atoms with Gasteiger partial charge in [-0.1, -0.05) is 17.7 Å². The maximum absolute atomic E-state index is 14.4. The predicted molar refractivity (Wildman–Crippen MR) is 107 cm³/mol. The van der Waals surface area contributed by atoms with Crippen LogP contribution in [0.2, 0.25) is 5.02 Å². The zero-order chi connectivity index (χ0) is 20.8. The molecular weight excluding hydrogens is 397 g/mol. The molecule has 1 amide bonds. The minimum absolute atomic E-state index is 0.187. The Labute approximate surface area is 171 Å². The largest absolute Gasteiger partial charge is 0.386 e. The summed E-state index contributed by atoms with van der Waals surface area (Å²) in [5.74, 6) is -1.26. The highest BCUT2D eigenvalue weighted by Gasteiger charge is 2.19. The number of nitrogens with one attached hydrogen (secondary N) is 4. The molecule has 1 aromatic heterocycles. The normalized spacial score (nSPS) is 13.3. The highest BCUT2D eigenvalue weighted by Crippen LogP contribution is 2.28. The van der Waals surface area contributed by atoms with E-state index in [1.165, 1.54) is 18.3 Å². The molecule has 10 heteroatoms. The van der Waals surface area contributed by atoms with Crippen LogP contribution < -0.4 is 16.0 Å². The minimum Gasteiger partial charge on any atom is -0.386 e. The highest BCUT2D eigenvalue weighted by molar-refractivity contribution is 6.32. The number of benzene rings is 1. The van der Waals surface area contributed by atoms with E-state index in [0.29, 0.717) is 17.3 Å². The van der Waals surface area contributed by atoms with E-state index in [1.807, 2.05) is 0 Å². The lowest BCUT2D eigenvalue weighted by Gasteiger charge is -2.10. The Hall–Kier alpha value is -3.51. The quantitative estimate of drug-likeness (QED) is 0.389. The number of aromatic nitrogens is 2. The molecule has 4 N–H and O–H groups in total. The van der Waals surface area contributed by atoms with Gasteiger partial charge in [0.05, 0.1) is 34.2 Å². The van der Waals surface area contributed by atoms with Crippen LogP contribution in [0.4, 0.5) is 10.3 Å². The van der Waals surface area contributed by atoms with Crippen molar-refractivity contribution >= 4 is 29.7 Å². The average Bonchev–Trinajstić information content (AvgIpc) is 3.55. The van der Waals surface area contributed by atoms with Crippen molar-refractivity contribution in [2.45, 2.75) is 18.9 Å². The summed E-state index contributed by atoms with van der Waals surface area (Å²) in [7, 11) is 0. The number of allylic oxidation sites excluding steroid dienone is 1. The number of anilines is 1. The van der Waals surface area contributed by atoms with Gasteiger partial charge in [-0.3, -0.25) is 4.79 Å². The van der Waals surface area contributed by atoms with Crippen molar-refractivity contribution in [3.05, 3.63) is 52.7 Å². The Balaban J connectivity index is 1.83. The van der Waals surface area contributed by atoms with Gasteiger partial charge in [-0.2, -0.15) is 5.26 Å². The van der Waals surface area contributed by atoms with Crippen molar-refractivity contribution < 1.29 is 9.18 Å². The van der Waals surface area contributed by atoms with Crippen molar-refractivity contribution in [1.82, 2.24) is 20.6 Å². The molecule has 0 spiro atoms. The second-order valence-electron chi connectivity index (χ2n) is 6.24. The molecule has 1 fully saturated rings. The van der Waals surface area contributed by atoms with Gasteiger partial charge < -0.3 is 21.4 Å². The van der Waals surface area contributed by atoms with E-state index in [4.69, 9.17) is 22.3 Å². The molecular formula is C19H17ClFN7O. The first-order chi connectivity index (χ1) is 14.0. The molecule has 0 atom stereocenters. The van der Waals surface area contributed by atoms with E-state index in [0.717, 1.165) is 25.1 Å². The molecule has 2 aromatic rings. The Morgan fingerprint density at radius 2 is 2.24 bits per heavy atom. The summed E-state index contributed by atoms with van der Waals surface area (Å²) in [4.78, 5) is 20.2. The fourth-order valence-electron chi connectivity index (χ4n) is 2.39. The zero-order valence-corrected chi connectivity index (χ0v) is 15.9. The standard InChI is InChI=1S/C19H17ClFN7O/c20-15-10-26-19(27-13(8-23)9-25-12-2-3-12)28-17(15)11-1-4-14(16(21)7-11)18(29)24-6-5-22/h1,4,7-10,12,23,25H,2-3,6H2,(H,24,29)(H,26,27,28)/b13-9+,23-8?. The van der Waals surface area contributed by atoms with Gasteiger partial charge in [-0.15, -0.1) is 0 Å².